The van der Waals surface area contributed by atoms with Crippen LogP contribution in [0.5, 0.6) is 5.75 Å². The molecule has 7 heteroatoms. The number of hydrogen-bond donors (Lipinski definition) is 0. The molecule has 5 nitrogen and oxygen atoms in total. The molecule has 0 aliphatic carbocycles. The lowest BCUT2D eigenvalue weighted by Crippen LogP contribution is -2.31. The highest BCUT2D eigenvalue weighted by Gasteiger charge is 2.39. The van der Waals surface area contributed by atoms with E-state index in [1.807, 2.05) is 79.5 Å². The molecule has 2 aliphatic heterocycles. The van der Waals surface area contributed by atoms with Crippen LogP contribution in [0.4, 0.5) is 11.4 Å². The number of para-hydroxylation sites is 1. The Labute approximate surface area is 208 Å². The van der Waals surface area contributed by atoms with Crippen LogP contribution < -0.4 is 9.64 Å². The van der Waals surface area contributed by atoms with E-state index in [0.717, 1.165) is 44.2 Å². The van der Waals surface area contributed by atoms with Crippen LogP contribution in [0.25, 0.3) is 0 Å². The third-order valence-corrected chi connectivity index (χ3v) is 8.33. The first-order valence-corrected chi connectivity index (χ1v) is 12.7. The second-order valence-corrected chi connectivity index (χ2v) is 10.1. The molecule has 0 atom stereocenters. The molecule has 0 spiro atoms. The molecule has 1 fully saturated rings. The first-order chi connectivity index (χ1) is 16.5. The van der Waals surface area contributed by atoms with Crippen molar-refractivity contribution in [1.82, 2.24) is 4.90 Å². The molecule has 2 aliphatic rings. The summed E-state index contributed by atoms with van der Waals surface area (Å²) in [6.07, 6.45) is 0.767. The van der Waals surface area contributed by atoms with Crippen molar-refractivity contribution >= 4 is 46.0 Å². The van der Waals surface area contributed by atoms with E-state index in [1.54, 1.807) is 18.9 Å². The maximum Gasteiger partial charge on any atom is 0.269 e. The Balaban J connectivity index is 1.51. The van der Waals surface area contributed by atoms with Crippen LogP contribution in [-0.4, -0.2) is 36.7 Å². The predicted octanol–water partition coefficient (Wildman–Crippen LogP) is 6.22. The molecule has 0 radical (unpaired) electrons. The summed E-state index contributed by atoms with van der Waals surface area (Å²) in [6.45, 7) is 2.62. The van der Waals surface area contributed by atoms with Gasteiger partial charge in [-0.05, 0) is 54.4 Å². The van der Waals surface area contributed by atoms with Crippen LogP contribution in [0, 0.1) is 6.92 Å². The van der Waals surface area contributed by atoms with E-state index >= 15 is 0 Å². The molecule has 3 aromatic rings. The Bertz CT molecular complexity index is 1300. The van der Waals surface area contributed by atoms with E-state index in [2.05, 4.69) is 17.0 Å². The number of thioether (sulfide) groups is 2. The highest BCUT2D eigenvalue weighted by Crippen LogP contribution is 2.51. The van der Waals surface area contributed by atoms with E-state index in [1.165, 1.54) is 17.3 Å². The van der Waals surface area contributed by atoms with Gasteiger partial charge in [0.1, 0.15) is 10.7 Å². The van der Waals surface area contributed by atoms with E-state index in [-0.39, 0.29) is 5.91 Å². The molecular formula is C27H25N3O2S2. The van der Waals surface area contributed by atoms with Gasteiger partial charge in [0.2, 0.25) is 0 Å². The van der Waals surface area contributed by atoms with Crippen molar-refractivity contribution < 1.29 is 9.53 Å². The Kier molecular flexibility index (Phi) is 6.39. The Morgan fingerprint density at radius 1 is 0.971 bits per heavy atom. The Hall–Kier alpha value is -3.16. The number of aryl methyl sites for hydroxylation is 1. The average molecular weight is 488 g/mol. The minimum absolute atomic E-state index is 0.00221. The molecule has 3 aromatic carbocycles. The van der Waals surface area contributed by atoms with Gasteiger partial charge in [0.15, 0.2) is 5.17 Å². The lowest BCUT2D eigenvalue weighted by molar-refractivity contribution is -0.122. The van der Waals surface area contributed by atoms with Crippen LogP contribution in [0.2, 0.25) is 0 Å². The summed E-state index contributed by atoms with van der Waals surface area (Å²) in [6, 6.07) is 24.3. The van der Waals surface area contributed by atoms with Crippen molar-refractivity contribution in [3.8, 4) is 5.75 Å². The molecule has 172 valence electrons. The highest BCUT2D eigenvalue weighted by atomic mass is 32.2. The third-order valence-electron chi connectivity index (χ3n) is 5.90. The number of carbonyl (C=O) groups is 1. The van der Waals surface area contributed by atoms with Crippen molar-refractivity contribution in [3.63, 3.8) is 0 Å². The van der Waals surface area contributed by atoms with Gasteiger partial charge in [-0.25, -0.2) is 4.99 Å². The number of anilines is 1. The topological polar surface area (TPSA) is 45.1 Å². The number of hydrogen-bond acceptors (Lipinski definition) is 6. The van der Waals surface area contributed by atoms with Gasteiger partial charge < -0.3 is 9.64 Å². The minimum atomic E-state index is 0.00221. The molecule has 1 amide bonds. The first-order valence-electron chi connectivity index (χ1n) is 11.1. The van der Waals surface area contributed by atoms with Crippen LogP contribution in [0.15, 0.2) is 92.6 Å². The molecular weight excluding hydrogens is 462 g/mol. The standard InChI is InChI=1S/C27H25N3O2S2/c1-18-9-7-8-12-21(18)28-27-30(16-15-19-10-5-4-6-11-19)25(31)24(34-27)26-29(2)22-17-20(32-3)13-14-23(22)33-26/h4-14,17H,15-16H2,1-3H3/b26-24-,28-27?. The Morgan fingerprint density at radius 2 is 1.74 bits per heavy atom. The SMILES string of the molecule is COc1ccc2c(c1)N(C)/C(=C1/SC(=Nc3ccccc3C)N(CCc3ccccc3)C1=O)S2. The summed E-state index contributed by atoms with van der Waals surface area (Å²) in [7, 11) is 3.66. The molecule has 34 heavy (non-hydrogen) atoms. The summed E-state index contributed by atoms with van der Waals surface area (Å²) in [5.74, 6) is 0.802. The first kappa shape index (κ1) is 22.6. The smallest absolute Gasteiger partial charge is 0.269 e. The number of aliphatic imine (C=N–C) groups is 1. The normalized spacial score (nSPS) is 18.7. The lowest BCUT2D eigenvalue weighted by Gasteiger charge is -2.17. The number of ether oxygens (including phenoxy) is 1. The fourth-order valence-electron chi connectivity index (χ4n) is 3.95. The van der Waals surface area contributed by atoms with E-state index < -0.39 is 0 Å². The number of methoxy groups -OCH3 is 1. The number of fused-ring (bicyclic) bond motifs is 1. The summed E-state index contributed by atoms with van der Waals surface area (Å²) in [5, 5.41) is 1.65. The van der Waals surface area contributed by atoms with Gasteiger partial charge in [0.25, 0.3) is 5.91 Å². The molecule has 0 aromatic heterocycles. The molecule has 1 saturated heterocycles. The van der Waals surface area contributed by atoms with Crippen molar-refractivity contribution in [2.24, 2.45) is 4.99 Å². The fourth-order valence-corrected chi connectivity index (χ4v) is 6.29. The van der Waals surface area contributed by atoms with E-state index in [4.69, 9.17) is 9.73 Å². The highest BCUT2D eigenvalue weighted by molar-refractivity contribution is 8.19. The van der Waals surface area contributed by atoms with E-state index in [0.29, 0.717) is 11.4 Å². The number of rotatable bonds is 5. The third kappa shape index (κ3) is 4.33. The Morgan fingerprint density at radius 3 is 2.50 bits per heavy atom. The number of amidine groups is 1. The molecule has 0 unspecified atom stereocenters. The zero-order valence-electron chi connectivity index (χ0n) is 19.3. The fraction of sp³-hybridized carbons (Fsp3) is 0.185. The van der Waals surface area contributed by atoms with Gasteiger partial charge in [0, 0.05) is 24.6 Å². The van der Waals surface area contributed by atoms with Gasteiger partial charge in [0.05, 0.1) is 23.5 Å². The predicted molar refractivity (Wildman–Crippen MR) is 142 cm³/mol. The van der Waals surface area contributed by atoms with Gasteiger partial charge >= 0.3 is 0 Å². The van der Waals surface area contributed by atoms with Crippen molar-refractivity contribution in [2.45, 2.75) is 18.2 Å². The molecule has 0 saturated carbocycles. The number of carbonyl (C=O) groups excluding carboxylic acids is 1. The monoisotopic (exact) mass is 487 g/mol. The molecule has 0 bridgehead atoms. The van der Waals surface area contributed by atoms with Crippen molar-refractivity contribution in [1.29, 1.82) is 0 Å². The number of amides is 1. The van der Waals surface area contributed by atoms with Crippen molar-refractivity contribution in [2.75, 3.05) is 25.6 Å². The minimum Gasteiger partial charge on any atom is -0.497 e. The van der Waals surface area contributed by atoms with Gasteiger partial charge in [-0.2, -0.15) is 0 Å². The summed E-state index contributed by atoms with van der Waals surface area (Å²) < 4.78 is 5.40. The summed E-state index contributed by atoms with van der Waals surface area (Å²) in [4.78, 5) is 24.4. The van der Waals surface area contributed by atoms with E-state index in [9.17, 15) is 4.79 Å². The van der Waals surface area contributed by atoms with Gasteiger partial charge in [-0.15, -0.1) is 0 Å². The average Bonchev–Trinajstić information content (AvgIpc) is 3.35. The summed E-state index contributed by atoms with van der Waals surface area (Å²) in [5.41, 5.74) is 4.21. The largest absolute Gasteiger partial charge is 0.497 e. The number of nitrogens with zero attached hydrogens (tertiary/aromatic N) is 3. The maximum absolute atomic E-state index is 13.7. The second-order valence-electron chi connectivity index (χ2n) is 8.10. The van der Waals surface area contributed by atoms with Crippen LogP contribution in [0.1, 0.15) is 11.1 Å². The van der Waals surface area contributed by atoms with Crippen LogP contribution in [0.3, 0.4) is 0 Å². The van der Waals surface area contributed by atoms with Gasteiger partial charge in [-0.1, -0.05) is 60.3 Å². The summed E-state index contributed by atoms with van der Waals surface area (Å²) >= 11 is 3.08. The quantitative estimate of drug-likeness (QED) is 0.400. The van der Waals surface area contributed by atoms with Crippen molar-refractivity contribution in [3.05, 3.63) is 93.9 Å². The molecule has 2 heterocycles. The zero-order chi connectivity index (χ0) is 23.7. The second kappa shape index (κ2) is 9.60. The van der Waals surface area contributed by atoms with Crippen LogP contribution >= 0.6 is 23.5 Å². The van der Waals surface area contributed by atoms with Gasteiger partial charge in [-0.3, -0.25) is 9.69 Å². The number of benzene rings is 3. The maximum atomic E-state index is 13.7. The molecule has 0 N–H and O–H groups in total. The molecule has 5 rings (SSSR count). The zero-order valence-corrected chi connectivity index (χ0v) is 21.0. The van der Waals surface area contributed by atoms with Crippen LogP contribution in [-0.2, 0) is 11.2 Å². The lowest BCUT2D eigenvalue weighted by atomic mass is 10.1.